The van der Waals surface area contributed by atoms with Gasteiger partial charge in [0.1, 0.15) is 12.4 Å². The predicted molar refractivity (Wildman–Crippen MR) is 113 cm³/mol. The molecule has 6 nitrogen and oxygen atoms in total. The number of benzene rings is 1. The number of aromatic nitrogens is 3. The molecule has 3 heterocycles. The third-order valence-corrected chi connectivity index (χ3v) is 6.53. The average molecular weight is 472 g/mol. The summed E-state index contributed by atoms with van der Waals surface area (Å²) in [5.74, 6) is -0.506. The molecule has 1 amide bonds. The van der Waals surface area contributed by atoms with Gasteiger partial charge < -0.3 is 9.64 Å². The molecule has 0 spiro atoms. The molecule has 2 aliphatic rings. The van der Waals surface area contributed by atoms with Crippen LogP contribution in [0.1, 0.15) is 35.2 Å². The highest BCUT2D eigenvalue weighted by molar-refractivity contribution is 6.01. The number of nitrogens with zero attached hydrogens (tertiary/aromatic N) is 4. The Bertz CT molecular complexity index is 1200. The van der Waals surface area contributed by atoms with E-state index in [2.05, 4.69) is 15.0 Å². The minimum atomic E-state index is -4.48. The van der Waals surface area contributed by atoms with E-state index in [1.165, 1.54) is 30.6 Å². The number of piperidine rings is 1. The minimum Gasteiger partial charge on any atom is -0.475 e. The first-order valence-corrected chi connectivity index (χ1v) is 10.8. The Morgan fingerprint density at radius 3 is 2.59 bits per heavy atom. The number of rotatable bonds is 5. The number of ether oxygens (including phenoxy) is 1. The molecule has 0 radical (unpaired) electrons. The van der Waals surface area contributed by atoms with Crippen molar-refractivity contribution in [2.45, 2.75) is 31.0 Å². The Morgan fingerprint density at radius 2 is 1.91 bits per heavy atom. The summed E-state index contributed by atoms with van der Waals surface area (Å²) in [7, 11) is 0. The SMILES string of the molecule is O=C(c1cccc(F)c1-c1ncccn1)N1CC2CCC1(COc1ccc(C(F)(F)F)cn1)C2. The van der Waals surface area contributed by atoms with E-state index in [0.717, 1.165) is 18.7 Å². The summed E-state index contributed by atoms with van der Waals surface area (Å²) < 4.78 is 58.9. The van der Waals surface area contributed by atoms with Gasteiger partial charge in [0, 0.05) is 31.2 Å². The summed E-state index contributed by atoms with van der Waals surface area (Å²) in [4.78, 5) is 27.4. The lowest BCUT2D eigenvalue weighted by Crippen LogP contribution is -2.52. The zero-order valence-corrected chi connectivity index (χ0v) is 17.9. The number of amides is 1. The van der Waals surface area contributed by atoms with E-state index in [1.54, 1.807) is 17.0 Å². The zero-order valence-electron chi connectivity index (χ0n) is 17.9. The normalized spacial score (nSPS) is 21.6. The van der Waals surface area contributed by atoms with Gasteiger partial charge in [0.25, 0.3) is 5.91 Å². The Kier molecular flexibility index (Phi) is 5.45. The molecule has 2 unspecified atom stereocenters. The molecule has 1 saturated heterocycles. The molecular weight excluding hydrogens is 452 g/mol. The van der Waals surface area contributed by atoms with Crippen molar-refractivity contribution in [3.63, 3.8) is 0 Å². The van der Waals surface area contributed by atoms with E-state index in [9.17, 15) is 22.4 Å². The minimum absolute atomic E-state index is 0.0383. The van der Waals surface area contributed by atoms with Gasteiger partial charge in [0.2, 0.25) is 5.88 Å². The van der Waals surface area contributed by atoms with Crippen LogP contribution in [-0.4, -0.2) is 44.4 Å². The van der Waals surface area contributed by atoms with Crippen LogP contribution in [0, 0.1) is 11.7 Å². The van der Waals surface area contributed by atoms with Crippen LogP contribution in [0.3, 0.4) is 0 Å². The number of carbonyl (C=O) groups excluding carboxylic acids is 1. The van der Waals surface area contributed by atoms with Gasteiger partial charge >= 0.3 is 6.18 Å². The summed E-state index contributed by atoms with van der Waals surface area (Å²) >= 11 is 0. The standard InChI is InChI=1S/C24H20F4N4O2/c25-18-4-1-3-17(20(18)21-29-9-2-10-30-21)22(33)32-13-15-7-8-23(32,11-15)14-34-19-6-5-16(12-31-19)24(26,27)28/h1-6,9-10,12,15H,7-8,11,13-14H2. The fraction of sp³-hybridized carbons (Fsp3) is 0.333. The van der Waals surface area contributed by atoms with Gasteiger partial charge in [-0.2, -0.15) is 13.2 Å². The largest absolute Gasteiger partial charge is 0.475 e. The molecule has 0 N–H and O–H groups in total. The average Bonchev–Trinajstić information content (AvgIpc) is 3.41. The Hall–Kier alpha value is -3.56. The highest BCUT2D eigenvalue weighted by Gasteiger charge is 2.53. The van der Waals surface area contributed by atoms with Gasteiger partial charge in [-0.15, -0.1) is 0 Å². The second-order valence-electron chi connectivity index (χ2n) is 8.66. The van der Waals surface area contributed by atoms with Gasteiger partial charge in [-0.3, -0.25) is 4.79 Å². The van der Waals surface area contributed by atoms with Crippen molar-refractivity contribution in [1.29, 1.82) is 0 Å². The second kappa shape index (κ2) is 8.34. The molecule has 1 aromatic carbocycles. The molecule has 2 atom stereocenters. The number of hydrogen-bond acceptors (Lipinski definition) is 5. The van der Waals surface area contributed by atoms with Crippen LogP contribution < -0.4 is 4.74 Å². The number of halogens is 4. The number of pyridine rings is 1. The third kappa shape index (κ3) is 3.97. The van der Waals surface area contributed by atoms with Crippen LogP contribution in [0.4, 0.5) is 17.6 Å². The highest BCUT2D eigenvalue weighted by atomic mass is 19.4. The monoisotopic (exact) mass is 472 g/mol. The van der Waals surface area contributed by atoms with Crippen LogP contribution in [0.2, 0.25) is 0 Å². The van der Waals surface area contributed by atoms with Crippen molar-refractivity contribution in [2.24, 2.45) is 5.92 Å². The van der Waals surface area contributed by atoms with E-state index < -0.39 is 23.1 Å². The number of likely N-dealkylation sites (tertiary alicyclic amines) is 1. The molecule has 2 bridgehead atoms. The van der Waals surface area contributed by atoms with E-state index in [0.29, 0.717) is 19.4 Å². The summed E-state index contributed by atoms with van der Waals surface area (Å²) in [6, 6.07) is 7.96. The number of fused-ring (bicyclic) bond motifs is 2. The maximum absolute atomic E-state index is 14.8. The number of alkyl halides is 3. The Labute approximate surface area is 192 Å². The topological polar surface area (TPSA) is 68.2 Å². The quantitative estimate of drug-likeness (QED) is 0.501. The first kappa shape index (κ1) is 22.2. The maximum atomic E-state index is 14.8. The second-order valence-corrected chi connectivity index (χ2v) is 8.66. The van der Waals surface area contributed by atoms with Crippen molar-refractivity contribution in [3.05, 3.63) is 71.9 Å². The van der Waals surface area contributed by atoms with E-state index in [1.807, 2.05) is 0 Å². The molecular formula is C24H20F4N4O2. The van der Waals surface area contributed by atoms with Crippen molar-refractivity contribution < 1.29 is 27.1 Å². The van der Waals surface area contributed by atoms with Crippen molar-refractivity contribution in [2.75, 3.05) is 13.2 Å². The lowest BCUT2D eigenvalue weighted by molar-refractivity contribution is -0.137. The van der Waals surface area contributed by atoms with Gasteiger partial charge in [-0.25, -0.2) is 19.3 Å². The van der Waals surface area contributed by atoms with Crippen LogP contribution >= 0.6 is 0 Å². The van der Waals surface area contributed by atoms with Crippen molar-refractivity contribution >= 4 is 5.91 Å². The summed E-state index contributed by atoms with van der Waals surface area (Å²) in [5, 5.41) is 0. The Balaban J connectivity index is 1.40. The zero-order chi connectivity index (χ0) is 23.9. The van der Waals surface area contributed by atoms with Gasteiger partial charge in [-0.1, -0.05) is 6.07 Å². The van der Waals surface area contributed by atoms with Gasteiger partial charge in [0.15, 0.2) is 5.82 Å². The first-order chi connectivity index (χ1) is 16.3. The van der Waals surface area contributed by atoms with E-state index in [4.69, 9.17) is 4.74 Å². The van der Waals surface area contributed by atoms with Crippen molar-refractivity contribution in [3.8, 4) is 17.3 Å². The molecule has 1 aliphatic carbocycles. The van der Waals surface area contributed by atoms with Crippen molar-refractivity contribution in [1.82, 2.24) is 19.9 Å². The predicted octanol–water partition coefficient (Wildman–Crippen LogP) is 4.77. The molecule has 5 rings (SSSR count). The highest BCUT2D eigenvalue weighted by Crippen LogP contribution is 2.47. The van der Waals surface area contributed by atoms with E-state index >= 15 is 0 Å². The molecule has 176 valence electrons. The fourth-order valence-corrected chi connectivity index (χ4v) is 4.92. The maximum Gasteiger partial charge on any atom is 0.417 e. The fourth-order valence-electron chi connectivity index (χ4n) is 4.92. The molecule has 34 heavy (non-hydrogen) atoms. The van der Waals surface area contributed by atoms with Crippen LogP contribution in [0.15, 0.2) is 55.0 Å². The van der Waals surface area contributed by atoms with Crippen LogP contribution in [0.25, 0.3) is 11.4 Å². The van der Waals surface area contributed by atoms with Crippen LogP contribution in [-0.2, 0) is 6.18 Å². The number of hydrogen-bond donors (Lipinski definition) is 0. The summed E-state index contributed by atoms with van der Waals surface area (Å²) in [5.41, 5.74) is -1.31. The molecule has 2 fully saturated rings. The lowest BCUT2D eigenvalue weighted by atomic mass is 9.95. The molecule has 1 aliphatic heterocycles. The first-order valence-electron chi connectivity index (χ1n) is 10.8. The number of carbonyl (C=O) groups is 1. The molecule has 2 aromatic heterocycles. The summed E-state index contributed by atoms with van der Waals surface area (Å²) in [6.45, 7) is 0.578. The smallest absolute Gasteiger partial charge is 0.417 e. The third-order valence-electron chi connectivity index (χ3n) is 6.53. The van der Waals surface area contributed by atoms with Gasteiger partial charge in [-0.05, 0) is 49.4 Å². The molecule has 1 saturated carbocycles. The Morgan fingerprint density at radius 1 is 1.12 bits per heavy atom. The molecule has 3 aromatic rings. The lowest BCUT2D eigenvalue weighted by Gasteiger charge is -2.38. The van der Waals surface area contributed by atoms with Crippen LogP contribution in [0.5, 0.6) is 5.88 Å². The van der Waals surface area contributed by atoms with E-state index in [-0.39, 0.29) is 41.3 Å². The van der Waals surface area contributed by atoms with Gasteiger partial charge in [0.05, 0.1) is 22.2 Å². The molecule has 10 heteroatoms. The summed E-state index contributed by atoms with van der Waals surface area (Å²) in [6.07, 6.45) is 1.48.